The molecule has 7 nitrogen and oxygen atoms in total. The van der Waals surface area contributed by atoms with Gasteiger partial charge in [-0.1, -0.05) is 37.6 Å². The second kappa shape index (κ2) is 8.10. The number of anilines is 1. The Bertz CT molecular complexity index is 941. The van der Waals surface area contributed by atoms with E-state index in [1.807, 2.05) is 19.1 Å². The van der Waals surface area contributed by atoms with Crippen LogP contribution >= 0.6 is 11.6 Å². The number of benzene rings is 1. The zero-order valence-electron chi connectivity index (χ0n) is 15.6. The summed E-state index contributed by atoms with van der Waals surface area (Å²) >= 11 is 6.00. The normalized spacial score (nSPS) is 16.1. The first-order chi connectivity index (χ1) is 13.0. The Kier molecular flexibility index (Phi) is 5.82. The first kappa shape index (κ1) is 19.4. The van der Waals surface area contributed by atoms with Gasteiger partial charge in [0.05, 0.1) is 0 Å². The summed E-state index contributed by atoms with van der Waals surface area (Å²) in [7, 11) is 0. The van der Waals surface area contributed by atoms with E-state index in [-0.39, 0.29) is 11.1 Å². The average Bonchev–Trinajstić information content (AvgIpc) is 3.04. The maximum absolute atomic E-state index is 11.5. The molecule has 8 heteroatoms. The summed E-state index contributed by atoms with van der Waals surface area (Å²) < 4.78 is 0. The number of nitrogens with one attached hydrogen (secondary N) is 2. The molecule has 4 N–H and O–H groups in total. The Morgan fingerprint density at radius 1 is 1.19 bits per heavy atom. The van der Waals surface area contributed by atoms with E-state index in [2.05, 4.69) is 43.9 Å². The van der Waals surface area contributed by atoms with Crippen molar-refractivity contribution in [3.8, 4) is 0 Å². The number of rotatable bonds is 2. The Labute approximate surface area is 163 Å². The number of aromatic nitrogens is 4. The highest BCUT2D eigenvalue weighted by Crippen LogP contribution is 2.37. The number of halogens is 1. The van der Waals surface area contributed by atoms with Gasteiger partial charge in [-0.25, -0.2) is 14.8 Å². The van der Waals surface area contributed by atoms with Crippen LogP contribution in [0.2, 0.25) is 5.02 Å². The van der Waals surface area contributed by atoms with Crippen LogP contribution in [0, 0.1) is 0 Å². The highest BCUT2D eigenvalue weighted by molar-refractivity contribution is 6.30. The molecule has 3 aromatic rings. The van der Waals surface area contributed by atoms with Gasteiger partial charge < -0.3 is 15.6 Å². The predicted octanol–water partition coefficient (Wildman–Crippen LogP) is 2.82. The number of imidazole rings is 1. The molecule has 1 saturated heterocycles. The van der Waals surface area contributed by atoms with Crippen molar-refractivity contribution in [1.82, 2.24) is 19.9 Å². The van der Waals surface area contributed by atoms with Gasteiger partial charge in [-0.2, -0.15) is 0 Å². The van der Waals surface area contributed by atoms with Gasteiger partial charge in [0.2, 0.25) is 0 Å². The summed E-state index contributed by atoms with van der Waals surface area (Å²) in [5.41, 5.74) is 7.26. The monoisotopic (exact) mass is 388 g/mol. The number of hydrogen-bond donors (Lipinski definition) is 3. The van der Waals surface area contributed by atoms with Gasteiger partial charge in [-0.3, -0.25) is 4.98 Å². The van der Waals surface area contributed by atoms with E-state index < -0.39 is 0 Å². The third-order valence-electron chi connectivity index (χ3n) is 5.01. The molecule has 0 saturated carbocycles. The summed E-state index contributed by atoms with van der Waals surface area (Å²) in [6.45, 7) is 6.69. The highest BCUT2D eigenvalue weighted by Gasteiger charge is 2.32. The first-order valence-corrected chi connectivity index (χ1v) is 9.48. The molecular weight excluding hydrogens is 364 g/mol. The van der Waals surface area contributed by atoms with Crippen molar-refractivity contribution in [3.05, 3.63) is 51.7 Å². The van der Waals surface area contributed by atoms with Crippen LogP contribution in [0.25, 0.3) is 11.2 Å². The van der Waals surface area contributed by atoms with Gasteiger partial charge in [0.25, 0.3) is 0 Å². The van der Waals surface area contributed by atoms with E-state index >= 15 is 0 Å². The second-order valence-corrected chi connectivity index (χ2v) is 7.40. The highest BCUT2D eigenvalue weighted by atomic mass is 35.5. The molecule has 3 heterocycles. The number of hydrogen-bond acceptors (Lipinski definition) is 5. The second-order valence-electron chi connectivity index (χ2n) is 6.96. The fourth-order valence-electron chi connectivity index (χ4n) is 3.43. The molecule has 0 bridgehead atoms. The molecule has 0 spiro atoms. The van der Waals surface area contributed by atoms with Gasteiger partial charge in [0.15, 0.2) is 11.5 Å². The molecule has 27 heavy (non-hydrogen) atoms. The smallest absolute Gasteiger partial charge is 0.325 e. The first-order valence-electron chi connectivity index (χ1n) is 9.11. The lowest BCUT2D eigenvalue weighted by atomic mass is 9.74. The molecule has 2 aromatic heterocycles. The molecule has 4 rings (SSSR count). The number of fused-ring (bicyclic) bond motifs is 1. The fraction of sp³-hybridized carbons (Fsp3) is 0.421. The van der Waals surface area contributed by atoms with Crippen LogP contribution in [0.3, 0.4) is 0 Å². The minimum Gasteiger partial charge on any atom is -0.355 e. The van der Waals surface area contributed by atoms with Crippen molar-refractivity contribution in [3.63, 3.8) is 0 Å². The molecule has 0 radical (unpaired) electrons. The van der Waals surface area contributed by atoms with Crippen molar-refractivity contribution in [2.45, 2.75) is 32.1 Å². The lowest BCUT2D eigenvalue weighted by molar-refractivity contribution is 0.361. The molecule has 0 unspecified atom stereocenters. The van der Waals surface area contributed by atoms with Crippen molar-refractivity contribution < 1.29 is 0 Å². The summed E-state index contributed by atoms with van der Waals surface area (Å²) in [6.07, 6.45) is 3.51. The Morgan fingerprint density at radius 3 is 2.44 bits per heavy atom. The third kappa shape index (κ3) is 4.14. The van der Waals surface area contributed by atoms with E-state index in [0.717, 1.165) is 43.3 Å². The number of nitrogens with zero attached hydrogens (tertiary/aromatic N) is 3. The molecule has 1 aliphatic rings. The third-order valence-corrected chi connectivity index (χ3v) is 5.26. The predicted molar refractivity (Wildman–Crippen MR) is 109 cm³/mol. The zero-order valence-corrected chi connectivity index (χ0v) is 16.4. The number of H-pyrrole nitrogens is 2. The topological polar surface area (TPSA) is 104 Å². The SMILES string of the molecule is CC1(c2ccc(Cl)cc2)CCN(c2ncnc3[nH]c(=O)[nH]c23)CC1.CCN. The van der Waals surface area contributed by atoms with Crippen LogP contribution in [0.1, 0.15) is 32.3 Å². The Balaban J connectivity index is 0.000000659. The van der Waals surface area contributed by atoms with E-state index in [0.29, 0.717) is 11.2 Å². The lowest BCUT2D eigenvalue weighted by Crippen LogP contribution is -2.41. The average molecular weight is 389 g/mol. The molecule has 0 amide bonds. The van der Waals surface area contributed by atoms with Gasteiger partial charge in [-0.05, 0) is 42.5 Å². The number of piperidine rings is 1. The minimum atomic E-state index is -0.255. The van der Waals surface area contributed by atoms with E-state index in [1.165, 1.54) is 11.9 Å². The van der Waals surface area contributed by atoms with Crippen LogP contribution in [-0.2, 0) is 5.41 Å². The standard InChI is InChI=1S/C17H18ClN5O.C2H7N/c1-17(11-2-4-12(18)5-3-11)6-8-23(9-7-17)15-13-14(19-10-20-15)22-16(24)21-13;1-2-3/h2-5,10H,6-9H2,1H3,(H2,19,20,21,22,24);2-3H2,1H3. The summed E-state index contributed by atoms with van der Waals surface area (Å²) in [5, 5.41) is 0.763. The lowest BCUT2D eigenvalue weighted by Gasteiger charge is -2.40. The zero-order chi connectivity index (χ0) is 19.4. The Hall–Kier alpha value is -2.38. The Morgan fingerprint density at radius 2 is 1.81 bits per heavy atom. The van der Waals surface area contributed by atoms with E-state index in [9.17, 15) is 4.79 Å². The van der Waals surface area contributed by atoms with Gasteiger partial charge in [0, 0.05) is 18.1 Å². The van der Waals surface area contributed by atoms with E-state index in [1.54, 1.807) is 0 Å². The summed E-state index contributed by atoms with van der Waals surface area (Å²) in [6, 6.07) is 8.13. The molecule has 1 fully saturated rings. The van der Waals surface area contributed by atoms with Crippen molar-refractivity contribution >= 4 is 28.6 Å². The van der Waals surface area contributed by atoms with Crippen molar-refractivity contribution in [2.75, 3.05) is 24.5 Å². The van der Waals surface area contributed by atoms with E-state index in [4.69, 9.17) is 17.3 Å². The molecule has 1 aliphatic heterocycles. The molecular formula is C19H25ClN6O. The van der Waals surface area contributed by atoms with Crippen LogP contribution < -0.4 is 16.3 Å². The van der Waals surface area contributed by atoms with Crippen LogP contribution in [0.4, 0.5) is 5.82 Å². The summed E-state index contributed by atoms with van der Waals surface area (Å²) in [4.78, 5) is 27.7. The number of nitrogens with two attached hydrogens (primary N) is 1. The largest absolute Gasteiger partial charge is 0.355 e. The summed E-state index contributed by atoms with van der Waals surface area (Å²) in [5.74, 6) is 0.788. The molecule has 0 aliphatic carbocycles. The van der Waals surface area contributed by atoms with Crippen molar-refractivity contribution in [1.29, 1.82) is 0 Å². The molecule has 144 valence electrons. The van der Waals surface area contributed by atoms with Gasteiger partial charge in [-0.15, -0.1) is 0 Å². The molecule has 0 atom stereocenters. The van der Waals surface area contributed by atoms with Gasteiger partial charge >= 0.3 is 5.69 Å². The van der Waals surface area contributed by atoms with Crippen molar-refractivity contribution in [2.24, 2.45) is 5.73 Å². The quantitative estimate of drug-likeness (QED) is 0.626. The maximum Gasteiger partial charge on any atom is 0.325 e. The van der Waals surface area contributed by atoms with Crippen LogP contribution in [0.15, 0.2) is 35.4 Å². The fourth-order valence-corrected chi connectivity index (χ4v) is 3.56. The van der Waals surface area contributed by atoms with Crippen LogP contribution in [0.5, 0.6) is 0 Å². The molecule has 1 aromatic carbocycles. The maximum atomic E-state index is 11.5. The number of aromatic amines is 2. The van der Waals surface area contributed by atoms with Gasteiger partial charge in [0.1, 0.15) is 11.8 Å². The van der Waals surface area contributed by atoms with Crippen LogP contribution in [-0.4, -0.2) is 39.6 Å². The minimum absolute atomic E-state index is 0.124.